The van der Waals surface area contributed by atoms with Crippen LogP contribution in [0.5, 0.6) is 0 Å². The van der Waals surface area contributed by atoms with Crippen LogP contribution in [-0.4, -0.2) is 12.3 Å². The first kappa shape index (κ1) is 9.60. The van der Waals surface area contributed by atoms with Crippen LogP contribution >= 0.6 is 0 Å². The molecule has 0 saturated heterocycles. The van der Waals surface area contributed by atoms with Gasteiger partial charge in [-0.25, -0.2) is 5.43 Å². The molecule has 1 aliphatic carbocycles. The first-order valence-electron chi connectivity index (χ1n) is 5.65. The first-order chi connectivity index (χ1) is 7.86. The van der Waals surface area contributed by atoms with Crippen molar-refractivity contribution in [2.45, 2.75) is 18.8 Å². The van der Waals surface area contributed by atoms with Gasteiger partial charge >= 0.3 is 0 Å². The molecule has 3 heteroatoms. The Kier molecular flexibility index (Phi) is 2.26. The van der Waals surface area contributed by atoms with Crippen LogP contribution in [0.4, 0.5) is 0 Å². The number of hydrazine groups is 1. The highest BCUT2D eigenvalue weighted by atomic mass is 16.1. The molecule has 0 saturated carbocycles. The first-order valence-corrected chi connectivity index (χ1v) is 5.65. The topological polar surface area (TPSA) is 41.1 Å². The molecule has 82 valence electrons. The Bertz CT molecular complexity index is 450. The van der Waals surface area contributed by atoms with Crippen molar-refractivity contribution < 1.29 is 4.79 Å². The Labute approximate surface area is 94.5 Å². The van der Waals surface area contributed by atoms with Gasteiger partial charge in [0.2, 0.25) is 0 Å². The molecule has 1 heterocycles. The van der Waals surface area contributed by atoms with Crippen molar-refractivity contribution in [1.29, 1.82) is 0 Å². The van der Waals surface area contributed by atoms with E-state index in [4.69, 9.17) is 0 Å². The van der Waals surface area contributed by atoms with E-state index in [-0.39, 0.29) is 5.92 Å². The van der Waals surface area contributed by atoms with Gasteiger partial charge in [0.15, 0.2) is 0 Å². The smallest absolute Gasteiger partial charge is 0.144 e. The van der Waals surface area contributed by atoms with E-state index in [0.29, 0.717) is 12.2 Å². The number of allylic oxidation sites excluding steroid dienone is 1. The second kappa shape index (κ2) is 3.76. The average Bonchev–Trinajstić information content (AvgIpc) is 2.78. The standard InChI is InChI=1S/C13H14N2O/c16-12-7-6-11-10(8-14-15-11)13(12)9-4-2-1-3-5-9/h1-5,13-15H,6-8H2. The van der Waals surface area contributed by atoms with Crippen molar-refractivity contribution in [3.63, 3.8) is 0 Å². The summed E-state index contributed by atoms with van der Waals surface area (Å²) >= 11 is 0. The van der Waals surface area contributed by atoms with Crippen molar-refractivity contribution in [2.24, 2.45) is 0 Å². The summed E-state index contributed by atoms with van der Waals surface area (Å²) in [7, 11) is 0. The van der Waals surface area contributed by atoms with Crippen LogP contribution in [0.15, 0.2) is 41.6 Å². The van der Waals surface area contributed by atoms with E-state index in [1.54, 1.807) is 0 Å². The lowest BCUT2D eigenvalue weighted by Crippen LogP contribution is -2.23. The highest BCUT2D eigenvalue weighted by Crippen LogP contribution is 2.35. The van der Waals surface area contributed by atoms with Gasteiger partial charge in [-0.1, -0.05) is 30.3 Å². The van der Waals surface area contributed by atoms with Gasteiger partial charge in [-0.15, -0.1) is 0 Å². The van der Waals surface area contributed by atoms with E-state index < -0.39 is 0 Å². The zero-order chi connectivity index (χ0) is 11.0. The Balaban J connectivity index is 2.04. The normalized spacial score (nSPS) is 24.2. The Hall–Kier alpha value is -1.61. The zero-order valence-electron chi connectivity index (χ0n) is 8.99. The van der Waals surface area contributed by atoms with Gasteiger partial charge in [0, 0.05) is 18.7 Å². The molecule has 16 heavy (non-hydrogen) atoms. The molecule has 3 nitrogen and oxygen atoms in total. The average molecular weight is 214 g/mol. The van der Waals surface area contributed by atoms with Crippen molar-refractivity contribution in [1.82, 2.24) is 10.9 Å². The van der Waals surface area contributed by atoms with Crippen LogP contribution in [0.2, 0.25) is 0 Å². The van der Waals surface area contributed by atoms with Gasteiger partial charge in [-0.05, 0) is 17.6 Å². The third-order valence-corrected chi connectivity index (χ3v) is 3.33. The van der Waals surface area contributed by atoms with E-state index in [0.717, 1.165) is 18.5 Å². The van der Waals surface area contributed by atoms with Crippen LogP contribution in [0, 0.1) is 0 Å². The van der Waals surface area contributed by atoms with Crippen LogP contribution in [-0.2, 0) is 4.79 Å². The van der Waals surface area contributed by atoms with Crippen molar-refractivity contribution >= 4 is 5.78 Å². The molecule has 2 N–H and O–H groups in total. The van der Waals surface area contributed by atoms with Gasteiger partial charge in [-0.3, -0.25) is 4.79 Å². The molecule has 3 rings (SSSR count). The van der Waals surface area contributed by atoms with Crippen LogP contribution in [0.25, 0.3) is 0 Å². The summed E-state index contributed by atoms with van der Waals surface area (Å²) in [5.41, 5.74) is 9.82. The van der Waals surface area contributed by atoms with E-state index >= 15 is 0 Å². The van der Waals surface area contributed by atoms with Crippen molar-refractivity contribution in [3.8, 4) is 0 Å². The van der Waals surface area contributed by atoms with Gasteiger partial charge in [0.1, 0.15) is 5.78 Å². The second-order valence-corrected chi connectivity index (χ2v) is 4.29. The summed E-state index contributed by atoms with van der Waals surface area (Å²) in [5.74, 6) is 0.308. The summed E-state index contributed by atoms with van der Waals surface area (Å²) in [6, 6.07) is 10.0. The Morgan fingerprint density at radius 1 is 1.12 bits per heavy atom. The third-order valence-electron chi connectivity index (χ3n) is 3.33. The lowest BCUT2D eigenvalue weighted by molar-refractivity contribution is -0.120. The summed E-state index contributed by atoms with van der Waals surface area (Å²) in [5, 5.41) is 0. The summed E-state index contributed by atoms with van der Waals surface area (Å²) < 4.78 is 0. The maximum absolute atomic E-state index is 12.0. The quantitative estimate of drug-likeness (QED) is 0.744. The van der Waals surface area contributed by atoms with E-state index in [1.807, 2.05) is 30.3 Å². The van der Waals surface area contributed by atoms with Crippen LogP contribution in [0.3, 0.4) is 0 Å². The van der Waals surface area contributed by atoms with E-state index in [1.165, 1.54) is 11.3 Å². The van der Waals surface area contributed by atoms with Crippen LogP contribution in [0.1, 0.15) is 24.3 Å². The fourth-order valence-corrected chi connectivity index (χ4v) is 2.55. The number of hydrogen-bond acceptors (Lipinski definition) is 3. The third kappa shape index (κ3) is 1.44. The molecule has 1 aromatic rings. The lowest BCUT2D eigenvalue weighted by atomic mass is 9.80. The van der Waals surface area contributed by atoms with Gasteiger partial charge in [0.05, 0.1) is 5.92 Å². The Morgan fingerprint density at radius 3 is 2.75 bits per heavy atom. The maximum Gasteiger partial charge on any atom is 0.144 e. The molecule has 0 bridgehead atoms. The predicted octanol–water partition coefficient (Wildman–Crippen LogP) is 1.49. The molecule has 1 aliphatic heterocycles. The van der Waals surface area contributed by atoms with E-state index in [2.05, 4.69) is 10.9 Å². The molecular formula is C13H14N2O. The number of Topliss-reactive ketones (excluding diaryl/α,β-unsaturated/α-hetero) is 1. The second-order valence-electron chi connectivity index (χ2n) is 4.29. The molecule has 1 aromatic carbocycles. The SMILES string of the molecule is O=C1CCC2=C(CNN2)C1c1ccccc1. The molecule has 0 fully saturated rings. The molecule has 1 atom stereocenters. The summed E-state index contributed by atoms with van der Waals surface area (Å²) in [6.45, 7) is 0.778. The fraction of sp³-hybridized carbons (Fsp3) is 0.308. The number of benzene rings is 1. The summed E-state index contributed by atoms with van der Waals surface area (Å²) in [4.78, 5) is 12.0. The molecule has 2 aliphatic rings. The minimum atomic E-state index is -0.0348. The van der Waals surface area contributed by atoms with E-state index in [9.17, 15) is 4.79 Å². The number of carbonyl (C=O) groups excluding carboxylic acids is 1. The number of carbonyl (C=O) groups is 1. The van der Waals surface area contributed by atoms with Gasteiger partial charge in [0.25, 0.3) is 0 Å². The molecule has 0 amide bonds. The number of hydrogen-bond donors (Lipinski definition) is 2. The molecule has 0 aromatic heterocycles. The van der Waals surface area contributed by atoms with Crippen molar-refractivity contribution in [2.75, 3.05) is 6.54 Å². The molecule has 1 unspecified atom stereocenters. The molecular weight excluding hydrogens is 200 g/mol. The Morgan fingerprint density at radius 2 is 1.94 bits per heavy atom. The highest BCUT2D eigenvalue weighted by molar-refractivity contribution is 5.90. The highest BCUT2D eigenvalue weighted by Gasteiger charge is 2.33. The number of ketones is 1. The fourth-order valence-electron chi connectivity index (χ4n) is 2.55. The monoisotopic (exact) mass is 214 g/mol. The van der Waals surface area contributed by atoms with Crippen LogP contribution < -0.4 is 10.9 Å². The van der Waals surface area contributed by atoms with Gasteiger partial charge in [-0.2, -0.15) is 0 Å². The molecule has 0 radical (unpaired) electrons. The zero-order valence-corrected chi connectivity index (χ0v) is 8.99. The largest absolute Gasteiger partial charge is 0.325 e. The minimum Gasteiger partial charge on any atom is -0.325 e. The van der Waals surface area contributed by atoms with Gasteiger partial charge < -0.3 is 5.43 Å². The lowest BCUT2D eigenvalue weighted by Gasteiger charge is -2.22. The number of rotatable bonds is 1. The van der Waals surface area contributed by atoms with Crippen molar-refractivity contribution in [3.05, 3.63) is 47.2 Å². The summed E-state index contributed by atoms with van der Waals surface area (Å²) in [6.07, 6.45) is 1.50. The maximum atomic E-state index is 12.0. The number of nitrogens with one attached hydrogen (secondary N) is 2. The minimum absolute atomic E-state index is 0.0348. The predicted molar refractivity (Wildman–Crippen MR) is 61.6 cm³/mol. The molecule has 0 spiro atoms.